The molecule has 0 saturated carbocycles. The van der Waals surface area contributed by atoms with Crippen LogP contribution in [0.15, 0.2) is 42.5 Å². The Morgan fingerprint density at radius 2 is 1.86 bits per heavy atom. The van der Waals surface area contributed by atoms with Gasteiger partial charge in [-0.05, 0) is 42.5 Å². The maximum atomic E-state index is 11.8. The summed E-state index contributed by atoms with van der Waals surface area (Å²) in [6, 6.07) is 13.9. The van der Waals surface area contributed by atoms with Gasteiger partial charge in [-0.25, -0.2) is 0 Å². The summed E-state index contributed by atoms with van der Waals surface area (Å²) in [5, 5.41) is 15.6. The number of hydrogen-bond acceptors (Lipinski definition) is 3. The van der Waals surface area contributed by atoms with Crippen molar-refractivity contribution in [1.82, 2.24) is 0 Å². The first-order chi connectivity index (χ1) is 10.6. The van der Waals surface area contributed by atoms with Gasteiger partial charge in [-0.15, -0.1) is 0 Å². The van der Waals surface area contributed by atoms with Crippen molar-refractivity contribution in [2.45, 2.75) is 6.42 Å². The van der Waals surface area contributed by atoms with E-state index in [1.54, 1.807) is 42.5 Å². The van der Waals surface area contributed by atoms with Gasteiger partial charge < -0.3 is 10.6 Å². The summed E-state index contributed by atoms with van der Waals surface area (Å²) in [5.41, 5.74) is 1.95. The standard InChI is InChI=1S/C16H13Cl2N3O/c17-12-3-6-15(14(18)9-12)20-8-7-16(22)21-13-4-1-11(10-19)2-5-13/h1-6,9,20H,7-8H2,(H,21,22). The second-order valence-electron chi connectivity index (χ2n) is 4.54. The van der Waals surface area contributed by atoms with E-state index in [2.05, 4.69) is 10.6 Å². The fraction of sp³-hybridized carbons (Fsp3) is 0.125. The maximum Gasteiger partial charge on any atom is 0.226 e. The Morgan fingerprint density at radius 1 is 1.14 bits per heavy atom. The minimum Gasteiger partial charge on any atom is -0.383 e. The Labute approximate surface area is 138 Å². The molecular formula is C16H13Cl2N3O. The molecule has 0 saturated heterocycles. The van der Waals surface area contributed by atoms with Crippen molar-refractivity contribution in [2.24, 2.45) is 0 Å². The Hall–Kier alpha value is -2.22. The monoisotopic (exact) mass is 333 g/mol. The van der Waals surface area contributed by atoms with E-state index in [0.29, 0.717) is 34.3 Å². The van der Waals surface area contributed by atoms with Crippen LogP contribution in [0.25, 0.3) is 0 Å². The number of nitrogens with one attached hydrogen (secondary N) is 2. The van der Waals surface area contributed by atoms with Crippen LogP contribution in [-0.2, 0) is 4.79 Å². The summed E-state index contributed by atoms with van der Waals surface area (Å²) in [7, 11) is 0. The molecule has 1 amide bonds. The number of carbonyl (C=O) groups is 1. The fourth-order valence-corrected chi connectivity index (χ4v) is 2.27. The van der Waals surface area contributed by atoms with Crippen LogP contribution in [0, 0.1) is 11.3 Å². The number of carbonyl (C=O) groups excluding carboxylic acids is 1. The summed E-state index contributed by atoms with van der Waals surface area (Å²) in [5.74, 6) is -0.123. The highest BCUT2D eigenvalue weighted by atomic mass is 35.5. The molecule has 0 spiro atoms. The molecule has 0 fully saturated rings. The molecule has 0 aliphatic heterocycles. The topological polar surface area (TPSA) is 64.9 Å². The molecule has 0 atom stereocenters. The number of amides is 1. The molecular weight excluding hydrogens is 321 g/mol. The Balaban J connectivity index is 1.81. The molecule has 0 radical (unpaired) electrons. The number of nitrogens with zero attached hydrogens (tertiary/aromatic N) is 1. The smallest absolute Gasteiger partial charge is 0.226 e. The number of benzene rings is 2. The first-order valence-electron chi connectivity index (χ1n) is 6.57. The largest absolute Gasteiger partial charge is 0.383 e. The number of anilines is 2. The zero-order chi connectivity index (χ0) is 15.9. The summed E-state index contributed by atoms with van der Waals surface area (Å²) in [6.07, 6.45) is 0.291. The van der Waals surface area contributed by atoms with Crippen molar-refractivity contribution in [3.05, 3.63) is 58.1 Å². The summed E-state index contributed by atoms with van der Waals surface area (Å²) in [6.45, 7) is 0.448. The van der Waals surface area contributed by atoms with Gasteiger partial charge in [0, 0.05) is 23.7 Å². The van der Waals surface area contributed by atoms with Gasteiger partial charge in [0.1, 0.15) is 0 Å². The first-order valence-corrected chi connectivity index (χ1v) is 7.33. The third kappa shape index (κ3) is 4.66. The van der Waals surface area contributed by atoms with Gasteiger partial charge in [-0.2, -0.15) is 5.26 Å². The highest BCUT2D eigenvalue weighted by Crippen LogP contribution is 2.25. The average Bonchev–Trinajstić information content (AvgIpc) is 2.50. The lowest BCUT2D eigenvalue weighted by Gasteiger charge is -2.09. The summed E-state index contributed by atoms with van der Waals surface area (Å²) in [4.78, 5) is 11.8. The summed E-state index contributed by atoms with van der Waals surface area (Å²) < 4.78 is 0. The van der Waals surface area contributed by atoms with Gasteiger partial charge in [0.05, 0.1) is 22.3 Å². The number of halogens is 2. The van der Waals surface area contributed by atoms with Crippen molar-refractivity contribution < 1.29 is 4.79 Å². The molecule has 112 valence electrons. The Bertz CT molecular complexity index is 708. The quantitative estimate of drug-likeness (QED) is 0.856. The van der Waals surface area contributed by atoms with Gasteiger partial charge in [-0.3, -0.25) is 4.79 Å². The van der Waals surface area contributed by atoms with Gasteiger partial charge in [-0.1, -0.05) is 23.2 Å². The lowest BCUT2D eigenvalue weighted by Crippen LogP contribution is -2.16. The molecule has 2 aromatic carbocycles. The highest BCUT2D eigenvalue weighted by molar-refractivity contribution is 6.36. The average molecular weight is 334 g/mol. The van der Waals surface area contributed by atoms with E-state index in [9.17, 15) is 4.79 Å². The van der Waals surface area contributed by atoms with Crippen LogP contribution in [0.1, 0.15) is 12.0 Å². The second-order valence-corrected chi connectivity index (χ2v) is 5.38. The van der Waals surface area contributed by atoms with Gasteiger partial charge in [0.15, 0.2) is 0 Å². The normalized spacial score (nSPS) is 9.86. The molecule has 0 bridgehead atoms. The maximum absolute atomic E-state index is 11.8. The van der Waals surface area contributed by atoms with E-state index in [4.69, 9.17) is 28.5 Å². The van der Waals surface area contributed by atoms with Crippen LogP contribution in [0.2, 0.25) is 10.0 Å². The lowest BCUT2D eigenvalue weighted by molar-refractivity contribution is -0.115. The van der Waals surface area contributed by atoms with E-state index in [1.165, 1.54) is 0 Å². The highest BCUT2D eigenvalue weighted by Gasteiger charge is 2.04. The molecule has 6 heteroatoms. The molecule has 2 aromatic rings. The Morgan fingerprint density at radius 3 is 2.50 bits per heavy atom. The molecule has 22 heavy (non-hydrogen) atoms. The van der Waals surface area contributed by atoms with Gasteiger partial charge in [0.2, 0.25) is 5.91 Å². The molecule has 0 unspecified atom stereocenters. The molecule has 0 aliphatic carbocycles. The minimum absolute atomic E-state index is 0.123. The Kier molecular flexibility index (Phi) is 5.65. The third-order valence-corrected chi connectivity index (χ3v) is 3.44. The van der Waals surface area contributed by atoms with Crippen LogP contribution in [0.4, 0.5) is 11.4 Å². The van der Waals surface area contributed by atoms with Crippen LogP contribution < -0.4 is 10.6 Å². The predicted octanol–water partition coefficient (Wildman–Crippen LogP) is 4.31. The van der Waals surface area contributed by atoms with Crippen LogP contribution in [0.5, 0.6) is 0 Å². The minimum atomic E-state index is -0.123. The first kappa shape index (κ1) is 16.2. The van der Waals surface area contributed by atoms with E-state index < -0.39 is 0 Å². The molecule has 0 aliphatic rings. The number of nitriles is 1. The van der Waals surface area contributed by atoms with Crippen molar-refractivity contribution in [3.63, 3.8) is 0 Å². The molecule has 2 rings (SSSR count). The third-order valence-electron chi connectivity index (χ3n) is 2.90. The van der Waals surface area contributed by atoms with E-state index in [-0.39, 0.29) is 5.91 Å². The zero-order valence-electron chi connectivity index (χ0n) is 11.6. The molecule has 4 nitrogen and oxygen atoms in total. The SMILES string of the molecule is N#Cc1ccc(NC(=O)CCNc2ccc(Cl)cc2Cl)cc1. The van der Waals surface area contributed by atoms with Crippen molar-refractivity contribution in [2.75, 3.05) is 17.2 Å². The van der Waals surface area contributed by atoms with Gasteiger partial charge >= 0.3 is 0 Å². The fourth-order valence-electron chi connectivity index (χ4n) is 1.80. The van der Waals surface area contributed by atoms with Crippen molar-refractivity contribution >= 4 is 40.5 Å². The molecule has 0 aromatic heterocycles. The number of hydrogen-bond donors (Lipinski definition) is 2. The van der Waals surface area contributed by atoms with E-state index in [0.717, 1.165) is 5.69 Å². The van der Waals surface area contributed by atoms with Crippen LogP contribution in [-0.4, -0.2) is 12.5 Å². The van der Waals surface area contributed by atoms with Crippen LogP contribution >= 0.6 is 23.2 Å². The van der Waals surface area contributed by atoms with Crippen molar-refractivity contribution in [3.8, 4) is 6.07 Å². The predicted molar refractivity (Wildman–Crippen MR) is 89.4 cm³/mol. The zero-order valence-corrected chi connectivity index (χ0v) is 13.1. The molecule has 0 heterocycles. The number of rotatable bonds is 5. The van der Waals surface area contributed by atoms with E-state index >= 15 is 0 Å². The lowest BCUT2D eigenvalue weighted by atomic mass is 10.2. The van der Waals surface area contributed by atoms with E-state index in [1.807, 2.05) is 6.07 Å². The summed E-state index contributed by atoms with van der Waals surface area (Å²) >= 11 is 11.8. The second kappa shape index (κ2) is 7.69. The van der Waals surface area contributed by atoms with Gasteiger partial charge in [0.25, 0.3) is 0 Å². The van der Waals surface area contributed by atoms with Crippen molar-refractivity contribution in [1.29, 1.82) is 5.26 Å². The van der Waals surface area contributed by atoms with Crippen LogP contribution in [0.3, 0.4) is 0 Å². The molecule has 2 N–H and O–H groups in total.